The maximum absolute atomic E-state index is 11.0. The quantitative estimate of drug-likeness (QED) is 0.713. The molecule has 0 bridgehead atoms. The molecule has 1 rings (SSSR count). The number of hydrogen-bond acceptors (Lipinski definition) is 3. The molecule has 80 valence electrons. The summed E-state index contributed by atoms with van der Waals surface area (Å²) in [5, 5.41) is 11.8. The summed E-state index contributed by atoms with van der Waals surface area (Å²) >= 11 is 0. The molecule has 0 aliphatic rings. The van der Waals surface area contributed by atoms with E-state index in [0.29, 0.717) is 12.1 Å². The standard InChI is InChI=1S/C11H14N2O2/c1-3-6-12-10(11(14)15)9-5-4-8(2)13-7-9/h3-5,7,10,12H,1,6H2,2H3,(H,14,15). The highest BCUT2D eigenvalue weighted by molar-refractivity contribution is 5.75. The summed E-state index contributed by atoms with van der Waals surface area (Å²) in [4.78, 5) is 15.0. The molecule has 4 nitrogen and oxygen atoms in total. The fraction of sp³-hybridized carbons (Fsp3) is 0.273. The van der Waals surface area contributed by atoms with Crippen LogP contribution in [0, 0.1) is 6.92 Å². The number of hydrogen-bond donors (Lipinski definition) is 2. The fourth-order valence-electron chi connectivity index (χ4n) is 1.20. The molecule has 0 saturated carbocycles. The molecule has 0 spiro atoms. The van der Waals surface area contributed by atoms with Gasteiger partial charge in [-0.3, -0.25) is 15.1 Å². The highest BCUT2D eigenvalue weighted by Crippen LogP contribution is 2.12. The Bertz CT molecular complexity index is 346. The van der Waals surface area contributed by atoms with Gasteiger partial charge in [-0.15, -0.1) is 6.58 Å². The van der Waals surface area contributed by atoms with Crippen LogP contribution in [-0.4, -0.2) is 22.6 Å². The molecule has 1 heterocycles. The van der Waals surface area contributed by atoms with Gasteiger partial charge < -0.3 is 5.11 Å². The zero-order valence-corrected chi connectivity index (χ0v) is 8.60. The number of aliphatic carboxylic acids is 1. The summed E-state index contributed by atoms with van der Waals surface area (Å²) in [5.41, 5.74) is 1.52. The van der Waals surface area contributed by atoms with E-state index in [1.165, 1.54) is 0 Å². The maximum Gasteiger partial charge on any atom is 0.325 e. The molecule has 0 radical (unpaired) electrons. The Kier molecular flexibility index (Phi) is 4.00. The average molecular weight is 206 g/mol. The molecule has 0 fully saturated rings. The molecule has 15 heavy (non-hydrogen) atoms. The van der Waals surface area contributed by atoms with Gasteiger partial charge in [0, 0.05) is 18.4 Å². The second-order valence-corrected chi connectivity index (χ2v) is 3.20. The predicted molar refractivity (Wildman–Crippen MR) is 57.6 cm³/mol. The number of carboxylic acids is 1. The monoisotopic (exact) mass is 206 g/mol. The van der Waals surface area contributed by atoms with Crippen LogP contribution >= 0.6 is 0 Å². The van der Waals surface area contributed by atoms with E-state index in [1.807, 2.05) is 6.92 Å². The molecule has 0 aliphatic heterocycles. The van der Waals surface area contributed by atoms with Gasteiger partial charge in [0.25, 0.3) is 0 Å². The Hall–Kier alpha value is -1.68. The Morgan fingerprint density at radius 1 is 1.73 bits per heavy atom. The molecule has 1 aromatic rings. The van der Waals surface area contributed by atoms with Crippen LogP contribution in [0.25, 0.3) is 0 Å². The van der Waals surface area contributed by atoms with Crippen molar-refractivity contribution in [3.05, 3.63) is 42.2 Å². The Labute approximate surface area is 88.7 Å². The summed E-state index contributed by atoms with van der Waals surface area (Å²) in [5.74, 6) is -0.914. The van der Waals surface area contributed by atoms with Gasteiger partial charge in [0.2, 0.25) is 0 Å². The molecular formula is C11H14N2O2. The normalized spacial score (nSPS) is 12.1. The lowest BCUT2D eigenvalue weighted by Gasteiger charge is -2.12. The summed E-state index contributed by atoms with van der Waals surface area (Å²) < 4.78 is 0. The van der Waals surface area contributed by atoms with E-state index < -0.39 is 12.0 Å². The molecule has 0 amide bonds. The van der Waals surface area contributed by atoms with Crippen molar-refractivity contribution < 1.29 is 9.90 Å². The van der Waals surface area contributed by atoms with Crippen molar-refractivity contribution in [1.29, 1.82) is 0 Å². The molecular weight excluding hydrogens is 192 g/mol. The average Bonchev–Trinajstić information content (AvgIpc) is 2.21. The number of aromatic nitrogens is 1. The van der Waals surface area contributed by atoms with Gasteiger partial charge in [-0.1, -0.05) is 12.1 Å². The first-order valence-electron chi connectivity index (χ1n) is 4.64. The molecule has 1 atom stereocenters. The predicted octanol–water partition coefficient (Wildman–Crippen LogP) is 1.29. The molecule has 1 unspecified atom stereocenters. The van der Waals surface area contributed by atoms with Crippen molar-refractivity contribution in [2.45, 2.75) is 13.0 Å². The van der Waals surface area contributed by atoms with Crippen LogP contribution in [0.2, 0.25) is 0 Å². The third-order valence-electron chi connectivity index (χ3n) is 1.98. The van der Waals surface area contributed by atoms with Crippen molar-refractivity contribution in [2.24, 2.45) is 0 Å². The second kappa shape index (κ2) is 5.26. The van der Waals surface area contributed by atoms with Crippen LogP contribution in [-0.2, 0) is 4.79 Å². The van der Waals surface area contributed by atoms with Crippen molar-refractivity contribution in [3.8, 4) is 0 Å². The van der Waals surface area contributed by atoms with Crippen LogP contribution < -0.4 is 5.32 Å². The minimum atomic E-state index is -0.914. The minimum Gasteiger partial charge on any atom is -0.480 e. The van der Waals surface area contributed by atoms with Crippen LogP contribution in [0.3, 0.4) is 0 Å². The molecule has 1 aromatic heterocycles. The largest absolute Gasteiger partial charge is 0.480 e. The van der Waals surface area contributed by atoms with Crippen molar-refractivity contribution in [3.63, 3.8) is 0 Å². The molecule has 2 N–H and O–H groups in total. The Morgan fingerprint density at radius 3 is 2.93 bits per heavy atom. The van der Waals surface area contributed by atoms with Gasteiger partial charge in [0.15, 0.2) is 0 Å². The van der Waals surface area contributed by atoms with E-state index in [1.54, 1.807) is 24.4 Å². The fourth-order valence-corrected chi connectivity index (χ4v) is 1.20. The molecule has 0 aliphatic carbocycles. The first kappa shape index (κ1) is 11.4. The summed E-state index contributed by atoms with van der Waals surface area (Å²) in [6, 6.07) is 2.83. The highest BCUT2D eigenvalue weighted by atomic mass is 16.4. The Balaban J connectivity index is 2.83. The number of pyridine rings is 1. The number of carbonyl (C=O) groups is 1. The lowest BCUT2D eigenvalue weighted by atomic mass is 10.1. The smallest absolute Gasteiger partial charge is 0.325 e. The highest BCUT2D eigenvalue weighted by Gasteiger charge is 2.18. The van der Waals surface area contributed by atoms with Crippen LogP contribution in [0.15, 0.2) is 31.0 Å². The van der Waals surface area contributed by atoms with E-state index in [4.69, 9.17) is 5.11 Å². The van der Waals surface area contributed by atoms with Gasteiger partial charge in [-0.05, 0) is 18.6 Å². The number of nitrogens with one attached hydrogen (secondary N) is 1. The van der Waals surface area contributed by atoms with Gasteiger partial charge in [-0.25, -0.2) is 0 Å². The molecule has 4 heteroatoms. The van der Waals surface area contributed by atoms with Gasteiger partial charge in [0.1, 0.15) is 6.04 Å². The third kappa shape index (κ3) is 3.18. The maximum atomic E-state index is 11.0. The van der Waals surface area contributed by atoms with Gasteiger partial charge in [-0.2, -0.15) is 0 Å². The minimum absolute atomic E-state index is 0.449. The third-order valence-corrected chi connectivity index (χ3v) is 1.98. The number of carboxylic acid groups (broad SMARTS) is 1. The summed E-state index contributed by atoms with van der Waals surface area (Å²) in [6.45, 7) is 5.84. The zero-order chi connectivity index (χ0) is 11.3. The van der Waals surface area contributed by atoms with E-state index in [0.717, 1.165) is 5.69 Å². The van der Waals surface area contributed by atoms with E-state index in [9.17, 15) is 4.79 Å². The lowest BCUT2D eigenvalue weighted by Crippen LogP contribution is -2.28. The second-order valence-electron chi connectivity index (χ2n) is 3.20. The van der Waals surface area contributed by atoms with E-state index in [2.05, 4.69) is 16.9 Å². The number of nitrogens with zero attached hydrogens (tertiary/aromatic N) is 1. The first-order valence-corrected chi connectivity index (χ1v) is 4.64. The first-order chi connectivity index (χ1) is 7.15. The van der Waals surface area contributed by atoms with Gasteiger partial charge in [0.05, 0.1) is 0 Å². The Morgan fingerprint density at radius 2 is 2.47 bits per heavy atom. The molecule has 0 aromatic carbocycles. The zero-order valence-electron chi connectivity index (χ0n) is 8.60. The van der Waals surface area contributed by atoms with Crippen LogP contribution in [0.1, 0.15) is 17.3 Å². The van der Waals surface area contributed by atoms with Gasteiger partial charge >= 0.3 is 5.97 Å². The van der Waals surface area contributed by atoms with E-state index >= 15 is 0 Å². The van der Waals surface area contributed by atoms with Crippen molar-refractivity contribution in [1.82, 2.24) is 10.3 Å². The molecule has 0 saturated heterocycles. The summed E-state index contributed by atoms with van der Waals surface area (Å²) in [7, 11) is 0. The number of aryl methyl sites for hydroxylation is 1. The van der Waals surface area contributed by atoms with Crippen LogP contribution in [0.5, 0.6) is 0 Å². The summed E-state index contributed by atoms with van der Waals surface area (Å²) in [6.07, 6.45) is 3.20. The lowest BCUT2D eigenvalue weighted by molar-refractivity contribution is -0.139. The van der Waals surface area contributed by atoms with E-state index in [-0.39, 0.29) is 0 Å². The topological polar surface area (TPSA) is 62.2 Å². The van der Waals surface area contributed by atoms with Crippen LogP contribution in [0.4, 0.5) is 0 Å². The number of rotatable bonds is 5. The SMILES string of the molecule is C=CCNC(C(=O)O)c1ccc(C)nc1. The van der Waals surface area contributed by atoms with Crippen molar-refractivity contribution >= 4 is 5.97 Å². The van der Waals surface area contributed by atoms with Crippen molar-refractivity contribution in [2.75, 3.05) is 6.54 Å².